The van der Waals surface area contributed by atoms with Crippen molar-refractivity contribution in [3.05, 3.63) is 27.8 Å². The summed E-state index contributed by atoms with van der Waals surface area (Å²) in [5.41, 5.74) is 0.0217. The number of ether oxygens (including phenoxy) is 1. The van der Waals surface area contributed by atoms with E-state index in [0.717, 1.165) is 12.1 Å². The van der Waals surface area contributed by atoms with Gasteiger partial charge in [0.05, 0.1) is 12.5 Å². The number of rotatable bonds is 3. The number of nitro groups is 1. The Kier molecular flexibility index (Phi) is 3.47. The zero-order valence-electron chi connectivity index (χ0n) is 8.06. The molecule has 0 atom stereocenters. The summed E-state index contributed by atoms with van der Waals surface area (Å²) in [4.78, 5) is 12.5. The highest BCUT2D eigenvalue weighted by Crippen LogP contribution is 2.24. The Morgan fingerprint density at radius 2 is 2.18 bits per heavy atom. The van der Waals surface area contributed by atoms with Gasteiger partial charge in [-0.2, -0.15) is 5.26 Å². The van der Waals surface area contributed by atoms with Crippen LogP contribution in [0.15, 0.2) is 12.1 Å². The summed E-state index contributed by atoms with van der Waals surface area (Å²) in [6.07, 6.45) is -5.27. The molecular weight excluding hydrogens is 243 g/mol. The van der Waals surface area contributed by atoms with E-state index in [2.05, 4.69) is 9.72 Å². The molecule has 0 unspecified atom stereocenters. The zero-order valence-corrected chi connectivity index (χ0v) is 8.06. The Hall–Kier alpha value is -2.37. The molecule has 1 aromatic rings. The van der Waals surface area contributed by atoms with Gasteiger partial charge in [0.25, 0.3) is 0 Å². The molecule has 0 amide bonds. The third-order valence-electron chi connectivity index (χ3n) is 1.54. The fraction of sp³-hybridized carbons (Fsp3) is 0.250. The van der Waals surface area contributed by atoms with Crippen LogP contribution in [-0.2, 0) is 6.42 Å². The minimum atomic E-state index is -4.99. The number of nitrogens with zero attached hydrogens (tertiary/aromatic N) is 3. The van der Waals surface area contributed by atoms with Gasteiger partial charge >= 0.3 is 18.1 Å². The maximum Gasteiger partial charge on any atom is 0.575 e. The summed E-state index contributed by atoms with van der Waals surface area (Å²) in [7, 11) is 0. The van der Waals surface area contributed by atoms with Gasteiger partial charge in [0.2, 0.25) is 0 Å². The highest BCUT2D eigenvalue weighted by Gasteiger charge is 2.34. The highest BCUT2D eigenvalue weighted by atomic mass is 19.4. The molecule has 9 heteroatoms. The Labute approximate surface area is 92.4 Å². The fourth-order valence-electron chi connectivity index (χ4n) is 1.00. The smallest absolute Gasteiger partial charge is 0.366 e. The molecule has 17 heavy (non-hydrogen) atoms. The summed E-state index contributed by atoms with van der Waals surface area (Å²) in [5.74, 6) is -1.77. The van der Waals surface area contributed by atoms with Crippen molar-refractivity contribution in [2.45, 2.75) is 12.8 Å². The number of hydrogen-bond acceptors (Lipinski definition) is 5. The Morgan fingerprint density at radius 1 is 1.53 bits per heavy atom. The van der Waals surface area contributed by atoms with Crippen molar-refractivity contribution in [1.29, 1.82) is 5.26 Å². The summed E-state index contributed by atoms with van der Waals surface area (Å²) >= 11 is 0. The van der Waals surface area contributed by atoms with Gasteiger partial charge < -0.3 is 14.9 Å². The topological polar surface area (TPSA) is 89.0 Å². The largest absolute Gasteiger partial charge is 0.575 e. The van der Waals surface area contributed by atoms with Crippen molar-refractivity contribution < 1.29 is 22.8 Å². The molecule has 0 aliphatic heterocycles. The minimum Gasteiger partial charge on any atom is -0.366 e. The molecule has 1 heterocycles. The van der Waals surface area contributed by atoms with Crippen LogP contribution in [0.2, 0.25) is 0 Å². The number of halogens is 3. The molecule has 0 radical (unpaired) electrons. The van der Waals surface area contributed by atoms with E-state index in [-0.39, 0.29) is 12.0 Å². The van der Waals surface area contributed by atoms with Gasteiger partial charge in [0.15, 0.2) is 0 Å². The van der Waals surface area contributed by atoms with Crippen LogP contribution >= 0.6 is 0 Å². The first-order valence-corrected chi connectivity index (χ1v) is 4.10. The first-order valence-electron chi connectivity index (χ1n) is 4.10. The van der Waals surface area contributed by atoms with E-state index < -0.39 is 23.0 Å². The van der Waals surface area contributed by atoms with Crippen LogP contribution < -0.4 is 4.74 Å². The van der Waals surface area contributed by atoms with Crippen LogP contribution in [0.3, 0.4) is 0 Å². The second-order valence-electron chi connectivity index (χ2n) is 2.81. The van der Waals surface area contributed by atoms with Crippen molar-refractivity contribution in [2.75, 3.05) is 0 Å². The fourth-order valence-corrected chi connectivity index (χ4v) is 1.00. The highest BCUT2D eigenvalue weighted by molar-refractivity contribution is 5.33. The van der Waals surface area contributed by atoms with E-state index in [1.165, 1.54) is 0 Å². The molecule has 0 fully saturated rings. The van der Waals surface area contributed by atoms with Gasteiger partial charge in [-0.3, -0.25) is 0 Å². The third kappa shape index (κ3) is 3.94. The van der Waals surface area contributed by atoms with Crippen LogP contribution in [0.25, 0.3) is 0 Å². The first-order chi connectivity index (χ1) is 7.81. The summed E-state index contributed by atoms with van der Waals surface area (Å²) in [6.45, 7) is 0. The predicted molar refractivity (Wildman–Crippen MR) is 46.9 cm³/mol. The van der Waals surface area contributed by atoms with E-state index in [4.69, 9.17) is 5.26 Å². The van der Waals surface area contributed by atoms with Crippen molar-refractivity contribution in [3.63, 3.8) is 0 Å². The lowest BCUT2D eigenvalue weighted by Crippen LogP contribution is -2.18. The van der Waals surface area contributed by atoms with Crippen molar-refractivity contribution in [3.8, 4) is 11.9 Å². The summed E-state index contributed by atoms with van der Waals surface area (Å²) in [6, 6.07) is 3.39. The SMILES string of the molecule is N#CCc1cc(OC(F)(F)F)nc([N+](=O)[O-])c1. The van der Waals surface area contributed by atoms with Crippen LogP contribution in [0, 0.1) is 21.4 Å². The Bertz CT molecular complexity index is 481. The number of pyridine rings is 1. The summed E-state index contributed by atoms with van der Waals surface area (Å²) in [5, 5.41) is 18.8. The maximum absolute atomic E-state index is 11.9. The minimum absolute atomic E-state index is 0.0217. The molecule has 0 bridgehead atoms. The molecular formula is C8H4F3N3O3. The second kappa shape index (κ2) is 4.65. The van der Waals surface area contributed by atoms with Crippen LogP contribution in [0.5, 0.6) is 5.88 Å². The lowest BCUT2D eigenvalue weighted by Gasteiger charge is -2.05. The number of aromatic nitrogens is 1. The van der Waals surface area contributed by atoms with E-state index in [9.17, 15) is 23.3 Å². The monoisotopic (exact) mass is 247 g/mol. The van der Waals surface area contributed by atoms with Crippen LogP contribution in [0.1, 0.15) is 5.56 Å². The van der Waals surface area contributed by atoms with Crippen LogP contribution in [-0.4, -0.2) is 16.3 Å². The molecule has 90 valence electrons. The van der Waals surface area contributed by atoms with Gasteiger partial charge in [-0.15, -0.1) is 13.2 Å². The van der Waals surface area contributed by atoms with E-state index in [0.29, 0.717) is 0 Å². The van der Waals surface area contributed by atoms with Gasteiger partial charge in [0, 0.05) is 17.1 Å². The average molecular weight is 247 g/mol. The quantitative estimate of drug-likeness (QED) is 0.601. The number of nitriles is 1. The third-order valence-corrected chi connectivity index (χ3v) is 1.54. The average Bonchev–Trinajstić information content (AvgIpc) is 2.14. The van der Waals surface area contributed by atoms with E-state index in [1.807, 2.05) is 0 Å². The van der Waals surface area contributed by atoms with E-state index in [1.54, 1.807) is 6.07 Å². The first kappa shape index (κ1) is 12.7. The lowest BCUT2D eigenvalue weighted by molar-refractivity contribution is -0.390. The number of hydrogen-bond donors (Lipinski definition) is 0. The van der Waals surface area contributed by atoms with Crippen molar-refractivity contribution in [2.24, 2.45) is 0 Å². The molecule has 0 saturated heterocycles. The Balaban J connectivity index is 3.13. The van der Waals surface area contributed by atoms with Crippen molar-refractivity contribution in [1.82, 2.24) is 4.98 Å². The van der Waals surface area contributed by atoms with Gasteiger partial charge in [-0.1, -0.05) is 0 Å². The van der Waals surface area contributed by atoms with Gasteiger partial charge in [-0.05, 0) is 10.5 Å². The molecule has 0 aliphatic carbocycles. The molecule has 0 aromatic carbocycles. The lowest BCUT2D eigenvalue weighted by atomic mass is 10.2. The summed E-state index contributed by atoms with van der Waals surface area (Å²) < 4.78 is 39.1. The molecule has 0 aliphatic rings. The molecule has 0 N–H and O–H groups in total. The second-order valence-corrected chi connectivity index (χ2v) is 2.81. The molecule has 0 saturated carbocycles. The molecule has 1 aromatic heterocycles. The van der Waals surface area contributed by atoms with Gasteiger partial charge in [-0.25, -0.2) is 0 Å². The maximum atomic E-state index is 11.9. The normalized spacial score (nSPS) is 10.7. The van der Waals surface area contributed by atoms with Gasteiger partial charge in [0.1, 0.15) is 0 Å². The van der Waals surface area contributed by atoms with Crippen molar-refractivity contribution >= 4 is 5.82 Å². The molecule has 1 rings (SSSR count). The molecule has 0 spiro atoms. The van der Waals surface area contributed by atoms with Crippen LogP contribution in [0.4, 0.5) is 19.0 Å². The zero-order chi connectivity index (χ0) is 13.1. The van der Waals surface area contributed by atoms with E-state index >= 15 is 0 Å². The standard InChI is InChI=1S/C8H4F3N3O3/c9-8(10,11)17-7-4-5(1-2-12)3-6(13-7)14(15)16/h3-4H,1H2. The molecule has 6 nitrogen and oxygen atoms in total. The Morgan fingerprint density at radius 3 is 2.65 bits per heavy atom. The number of alkyl halides is 3. The predicted octanol–water partition coefficient (Wildman–Crippen LogP) is 1.95.